The molecule has 0 aliphatic heterocycles. The van der Waals surface area contributed by atoms with Gasteiger partial charge in [0.05, 0.1) is 5.69 Å². The summed E-state index contributed by atoms with van der Waals surface area (Å²) in [5.74, 6) is 1.42. The maximum Gasteiger partial charge on any atom is 0.191 e. The molecular weight excluding hydrogens is 472 g/mol. The van der Waals surface area contributed by atoms with Crippen LogP contribution in [0.3, 0.4) is 0 Å². The van der Waals surface area contributed by atoms with Gasteiger partial charge in [0.2, 0.25) is 0 Å². The van der Waals surface area contributed by atoms with E-state index >= 15 is 0 Å². The van der Waals surface area contributed by atoms with Crippen LogP contribution in [0.2, 0.25) is 0 Å². The Kier molecular flexibility index (Phi) is 8.28. The number of H-pyrrole nitrogens is 1. The van der Waals surface area contributed by atoms with Crippen LogP contribution in [0.5, 0.6) is 0 Å². The minimum Gasteiger partial charge on any atom is -0.361 e. The summed E-state index contributed by atoms with van der Waals surface area (Å²) in [7, 11) is 0. The number of hydrogen-bond donors (Lipinski definition) is 3. The van der Waals surface area contributed by atoms with Gasteiger partial charge in [0, 0.05) is 42.3 Å². The van der Waals surface area contributed by atoms with Crippen LogP contribution in [0.4, 0.5) is 4.39 Å². The van der Waals surface area contributed by atoms with Gasteiger partial charge >= 0.3 is 0 Å². The number of aryl methyl sites for hydroxylation is 2. The maximum absolute atomic E-state index is 13.3. The third-order valence-corrected chi connectivity index (χ3v) is 4.57. The highest BCUT2D eigenvalue weighted by molar-refractivity contribution is 14.0. The van der Waals surface area contributed by atoms with Gasteiger partial charge in [-0.3, -0.25) is 4.99 Å². The number of rotatable bonds is 7. The molecule has 0 spiro atoms. The van der Waals surface area contributed by atoms with E-state index in [1.165, 1.54) is 12.1 Å². The summed E-state index contributed by atoms with van der Waals surface area (Å²) in [5, 5.41) is 11.6. The van der Waals surface area contributed by atoms with E-state index < -0.39 is 0 Å². The summed E-state index contributed by atoms with van der Waals surface area (Å²) >= 11 is 0. The van der Waals surface area contributed by atoms with Crippen molar-refractivity contribution in [2.75, 3.05) is 19.6 Å². The van der Waals surface area contributed by atoms with E-state index in [0.29, 0.717) is 6.54 Å². The fraction of sp³-hybridized carbons (Fsp3) is 0.400. The van der Waals surface area contributed by atoms with Crippen molar-refractivity contribution in [3.8, 4) is 0 Å². The molecule has 0 amide bonds. The Bertz CT molecular complexity index is 914. The van der Waals surface area contributed by atoms with Crippen LogP contribution in [0.25, 0.3) is 10.9 Å². The van der Waals surface area contributed by atoms with Crippen LogP contribution in [-0.2, 0) is 12.8 Å². The van der Waals surface area contributed by atoms with Crippen molar-refractivity contribution in [2.45, 2.75) is 33.6 Å². The molecule has 1 aromatic carbocycles. The lowest BCUT2D eigenvalue weighted by atomic mass is 10.1. The van der Waals surface area contributed by atoms with Gasteiger partial charge in [0.1, 0.15) is 11.6 Å². The number of halogens is 2. The van der Waals surface area contributed by atoms with Crippen molar-refractivity contribution in [3.63, 3.8) is 0 Å². The molecule has 0 bridgehead atoms. The van der Waals surface area contributed by atoms with Gasteiger partial charge in [-0.05, 0) is 57.4 Å². The molecule has 3 rings (SSSR count). The molecule has 0 atom stereocenters. The standard InChI is InChI=1S/C20H26FN5O.HI/c1-4-22-20(24-10-8-17-13(2)26-27-14(17)3)23-9-7-15-12-25-19-11-16(21)5-6-18(15)19;/h5-6,11-12,25H,4,7-10H2,1-3H3,(H2,22,23,24);1H. The minimum absolute atomic E-state index is 0. The second-order valence-corrected chi connectivity index (χ2v) is 6.49. The first-order valence-corrected chi connectivity index (χ1v) is 9.28. The fourth-order valence-corrected chi connectivity index (χ4v) is 3.16. The summed E-state index contributed by atoms with van der Waals surface area (Å²) in [6.07, 6.45) is 3.55. The highest BCUT2D eigenvalue weighted by Crippen LogP contribution is 2.19. The zero-order valence-corrected chi connectivity index (χ0v) is 18.8. The Hall–Kier alpha value is -2.10. The van der Waals surface area contributed by atoms with E-state index in [2.05, 4.69) is 25.8 Å². The van der Waals surface area contributed by atoms with Crippen molar-refractivity contribution >= 4 is 40.8 Å². The Morgan fingerprint density at radius 2 is 2.07 bits per heavy atom. The van der Waals surface area contributed by atoms with Crippen LogP contribution in [0, 0.1) is 19.7 Å². The Morgan fingerprint density at radius 1 is 1.25 bits per heavy atom. The summed E-state index contributed by atoms with van der Waals surface area (Å²) in [6, 6.07) is 4.83. The molecule has 0 aliphatic carbocycles. The van der Waals surface area contributed by atoms with Crippen molar-refractivity contribution in [3.05, 3.63) is 52.8 Å². The second kappa shape index (κ2) is 10.4. The third kappa shape index (κ3) is 5.46. The lowest BCUT2D eigenvalue weighted by Gasteiger charge is -2.11. The van der Waals surface area contributed by atoms with Gasteiger partial charge in [0.15, 0.2) is 5.96 Å². The topological polar surface area (TPSA) is 78.2 Å². The van der Waals surface area contributed by atoms with Gasteiger partial charge in [-0.15, -0.1) is 24.0 Å². The molecule has 2 heterocycles. The fourth-order valence-electron chi connectivity index (χ4n) is 3.16. The van der Waals surface area contributed by atoms with E-state index in [0.717, 1.165) is 65.4 Å². The highest BCUT2D eigenvalue weighted by atomic mass is 127. The molecule has 6 nitrogen and oxygen atoms in total. The highest BCUT2D eigenvalue weighted by Gasteiger charge is 2.08. The smallest absolute Gasteiger partial charge is 0.191 e. The molecule has 28 heavy (non-hydrogen) atoms. The largest absolute Gasteiger partial charge is 0.361 e. The maximum atomic E-state index is 13.3. The van der Waals surface area contributed by atoms with E-state index in [1.807, 2.05) is 33.0 Å². The summed E-state index contributed by atoms with van der Waals surface area (Å²) in [6.45, 7) is 8.11. The normalized spacial score (nSPS) is 11.5. The predicted molar refractivity (Wildman–Crippen MR) is 121 cm³/mol. The number of benzene rings is 1. The van der Waals surface area contributed by atoms with Gasteiger partial charge in [-0.1, -0.05) is 5.16 Å². The molecule has 3 aromatic rings. The molecule has 0 saturated heterocycles. The number of fused-ring (bicyclic) bond motifs is 1. The molecular formula is C20H27FIN5O. The van der Waals surface area contributed by atoms with E-state index in [-0.39, 0.29) is 29.8 Å². The summed E-state index contributed by atoms with van der Waals surface area (Å²) in [5.41, 5.74) is 4.03. The summed E-state index contributed by atoms with van der Waals surface area (Å²) < 4.78 is 18.5. The van der Waals surface area contributed by atoms with Crippen LogP contribution < -0.4 is 10.6 Å². The lowest BCUT2D eigenvalue weighted by molar-refractivity contribution is 0.392. The Labute approximate surface area is 181 Å². The van der Waals surface area contributed by atoms with Crippen molar-refractivity contribution < 1.29 is 8.91 Å². The van der Waals surface area contributed by atoms with Gasteiger partial charge in [0.25, 0.3) is 0 Å². The number of hydrogen-bond acceptors (Lipinski definition) is 3. The quantitative estimate of drug-likeness (QED) is 0.262. The molecule has 3 N–H and O–H groups in total. The average Bonchev–Trinajstić information content (AvgIpc) is 3.19. The zero-order valence-electron chi connectivity index (χ0n) is 16.4. The molecule has 0 unspecified atom stereocenters. The predicted octanol–water partition coefficient (Wildman–Crippen LogP) is 3.87. The lowest BCUT2D eigenvalue weighted by Crippen LogP contribution is -2.38. The van der Waals surface area contributed by atoms with E-state index in [4.69, 9.17) is 4.52 Å². The van der Waals surface area contributed by atoms with Crippen LogP contribution in [0.1, 0.15) is 29.5 Å². The number of nitrogens with zero attached hydrogens (tertiary/aromatic N) is 2. The third-order valence-electron chi connectivity index (χ3n) is 4.57. The van der Waals surface area contributed by atoms with Crippen molar-refractivity contribution in [1.29, 1.82) is 0 Å². The number of aliphatic imine (C=N–C) groups is 1. The molecule has 152 valence electrons. The molecule has 0 saturated carbocycles. The SMILES string of the molecule is CCNC(=NCCc1c(C)noc1C)NCCc1c[nH]c2cc(F)ccc12.I. The van der Waals surface area contributed by atoms with Crippen molar-refractivity contribution in [2.24, 2.45) is 4.99 Å². The number of guanidine groups is 1. The van der Waals surface area contributed by atoms with Crippen molar-refractivity contribution in [1.82, 2.24) is 20.8 Å². The van der Waals surface area contributed by atoms with Gasteiger partial charge in [-0.2, -0.15) is 0 Å². The first-order chi connectivity index (χ1) is 13.1. The van der Waals surface area contributed by atoms with Crippen LogP contribution >= 0.6 is 24.0 Å². The number of aromatic nitrogens is 2. The monoisotopic (exact) mass is 499 g/mol. The molecule has 0 radical (unpaired) electrons. The molecule has 0 aliphatic rings. The average molecular weight is 499 g/mol. The van der Waals surface area contributed by atoms with E-state index in [1.54, 1.807) is 0 Å². The zero-order chi connectivity index (χ0) is 19.2. The molecule has 8 heteroatoms. The Balaban J connectivity index is 0.00000280. The van der Waals surface area contributed by atoms with E-state index in [9.17, 15) is 4.39 Å². The number of nitrogens with one attached hydrogen (secondary N) is 3. The van der Waals surface area contributed by atoms with Crippen LogP contribution in [0.15, 0.2) is 33.9 Å². The minimum atomic E-state index is -0.228. The van der Waals surface area contributed by atoms with Crippen LogP contribution in [-0.4, -0.2) is 35.7 Å². The van der Waals surface area contributed by atoms with Gasteiger partial charge in [-0.25, -0.2) is 4.39 Å². The van der Waals surface area contributed by atoms with Gasteiger partial charge < -0.3 is 20.1 Å². The number of aromatic amines is 1. The molecule has 2 aromatic heterocycles. The molecule has 0 fully saturated rings. The second-order valence-electron chi connectivity index (χ2n) is 6.49. The Morgan fingerprint density at radius 3 is 2.79 bits per heavy atom. The summed E-state index contributed by atoms with van der Waals surface area (Å²) in [4.78, 5) is 7.76. The first-order valence-electron chi connectivity index (χ1n) is 9.28. The first kappa shape index (κ1) is 22.2.